The molecule has 0 bridgehead atoms. The van der Waals surface area contributed by atoms with Crippen LogP contribution in [0, 0.1) is 6.92 Å². The summed E-state index contributed by atoms with van der Waals surface area (Å²) < 4.78 is 29.5. The van der Waals surface area contributed by atoms with E-state index in [4.69, 9.17) is 4.52 Å². The van der Waals surface area contributed by atoms with Gasteiger partial charge in [0.05, 0.1) is 33.8 Å². The minimum absolute atomic E-state index is 0.0393. The number of hydrogen-bond donors (Lipinski definition) is 0. The minimum atomic E-state index is -3.09. The van der Waals surface area contributed by atoms with Gasteiger partial charge in [-0.3, -0.25) is 4.79 Å². The molecule has 1 saturated carbocycles. The normalized spacial score (nSPS) is 20.8. The second-order valence-electron chi connectivity index (χ2n) is 7.87. The number of carbonyl (C=O) groups excluding carboxylic acids is 1. The van der Waals surface area contributed by atoms with Crippen molar-refractivity contribution in [2.75, 3.05) is 11.5 Å². The number of aromatic nitrogens is 2. The summed E-state index contributed by atoms with van der Waals surface area (Å²) in [6.07, 6.45) is 2.31. The fourth-order valence-corrected chi connectivity index (χ4v) is 5.85. The molecule has 0 spiro atoms. The highest BCUT2D eigenvalue weighted by molar-refractivity contribution is 7.91. The fraction of sp³-hybridized carbons (Fsp3) is 0.381. The molecule has 1 unspecified atom stereocenters. The van der Waals surface area contributed by atoms with Crippen LogP contribution in [0.1, 0.15) is 35.3 Å². The first kappa shape index (κ1) is 18.3. The van der Waals surface area contributed by atoms with Gasteiger partial charge in [-0.25, -0.2) is 13.4 Å². The van der Waals surface area contributed by atoms with Crippen molar-refractivity contribution in [3.05, 3.63) is 47.7 Å². The third kappa shape index (κ3) is 3.31. The number of benzene rings is 1. The molecule has 1 aliphatic carbocycles. The molecule has 8 heteroatoms. The molecule has 3 aromatic rings. The third-order valence-corrected chi connectivity index (χ3v) is 7.44. The van der Waals surface area contributed by atoms with Crippen LogP contribution in [-0.4, -0.2) is 53.0 Å². The second-order valence-corrected chi connectivity index (χ2v) is 10.1. The first-order chi connectivity index (χ1) is 13.9. The van der Waals surface area contributed by atoms with Crippen LogP contribution in [0.25, 0.3) is 22.4 Å². The Morgan fingerprint density at radius 2 is 1.90 bits per heavy atom. The zero-order valence-electron chi connectivity index (χ0n) is 16.0. The summed E-state index contributed by atoms with van der Waals surface area (Å²) in [4.78, 5) is 20.1. The molecule has 2 fully saturated rings. The number of amides is 1. The molecule has 1 aliphatic heterocycles. The van der Waals surface area contributed by atoms with E-state index in [1.807, 2.05) is 30.3 Å². The van der Waals surface area contributed by atoms with Crippen LogP contribution in [0.2, 0.25) is 0 Å². The van der Waals surface area contributed by atoms with Crippen molar-refractivity contribution in [1.82, 2.24) is 15.0 Å². The predicted molar refractivity (Wildman–Crippen MR) is 108 cm³/mol. The molecule has 0 radical (unpaired) electrons. The standard InChI is InChI=1S/C21H21N3O4S/c1-13-19-17(11-18(22-20(19)28-23-13)14-5-3-2-4-6-14)21(25)24(15-7-8-15)16-9-10-29(26,27)12-16/h2-6,11,15-16H,7-10,12H2,1H3. The lowest BCUT2D eigenvalue weighted by atomic mass is 10.0. The lowest BCUT2D eigenvalue weighted by Gasteiger charge is -2.28. The number of rotatable bonds is 4. The van der Waals surface area contributed by atoms with Crippen molar-refractivity contribution < 1.29 is 17.7 Å². The number of nitrogens with zero attached hydrogens (tertiary/aromatic N) is 3. The van der Waals surface area contributed by atoms with Gasteiger partial charge in [-0.1, -0.05) is 35.5 Å². The smallest absolute Gasteiger partial charge is 0.259 e. The van der Waals surface area contributed by atoms with E-state index in [9.17, 15) is 13.2 Å². The van der Waals surface area contributed by atoms with Crippen molar-refractivity contribution in [2.45, 2.75) is 38.3 Å². The van der Waals surface area contributed by atoms with Gasteiger partial charge >= 0.3 is 0 Å². The lowest BCUT2D eigenvalue weighted by molar-refractivity contribution is 0.0682. The molecule has 2 aliphatic rings. The van der Waals surface area contributed by atoms with Crippen LogP contribution in [0.3, 0.4) is 0 Å². The van der Waals surface area contributed by atoms with E-state index in [-0.39, 0.29) is 29.5 Å². The zero-order chi connectivity index (χ0) is 20.2. The Balaban J connectivity index is 1.63. The van der Waals surface area contributed by atoms with E-state index in [0.29, 0.717) is 34.5 Å². The van der Waals surface area contributed by atoms with Crippen LogP contribution in [0.5, 0.6) is 0 Å². The number of pyridine rings is 1. The topological polar surface area (TPSA) is 93.4 Å². The molecule has 1 saturated heterocycles. The van der Waals surface area contributed by atoms with Crippen LogP contribution in [-0.2, 0) is 9.84 Å². The van der Waals surface area contributed by atoms with Crippen molar-refractivity contribution in [1.29, 1.82) is 0 Å². The maximum atomic E-state index is 13.7. The van der Waals surface area contributed by atoms with Gasteiger partial charge in [0.1, 0.15) is 0 Å². The minimum Gasteiger partial charge on any atom is -0.335 e. The molecule has 29 heavy (non-hydrogen) atoms. The Kier molecular flexibility index (Phi) is 4.20. The van der Waals surface area contributed by atoms with Crippen molar-refractivity contribution >= 4 is 26.8 Å². The summed E-state index contributed by atoms with van der Waals surface area (Å²) in [7, 11) is -3.09. The van der Waals surface area contributed by atoms with Crippen molar-refractivity contribution in [3.8, 4) is 11.3 Å². The maximum absolute atomic E-state index is 13.7. The summed E-state index contributed by atoms with van der Waals surface area (Å²) in [6, 6.07) is 11.2. The molecule has 1 atom stereocenters. The lowest BCUT2D eigenvalue weighted by Crippen LogP contribution is -2.42. The van der Waals surface area contributed by atoms with Gasteiger partial charge in [-0.15, -0.1) is 0 Å². The van der Waals surface area contributed by atoms with Crippen molar-refractivity contribution in [3.63, 3.8) is 0 Å². The van der Waals surface area contributed by atoms with E-state index in [2.05, 4.69) is 10.1 Å². The van der Waals surface area contributed by atoms with Crippen LogP contribution < -0.4 is 0 Å². The molecule has 5 rings (SSSR count). The number of sulfone groups is 1. The van der Waals surface area contributed by atoms with Gasteiger partial charge in [-0.05, 0) is 32.3 Å². The molecular formula is C21H21N3O4S. The van der Waals surface area contributed by atoms with Crippen LogP contribution in [0.15, 0.2) is 40.9 Å². The Hall–Kier alpha value is -2.74. The summed E-state index contributed by atoms with van der Waals surface area (Å²) in [5, 5.41) is 4.61. The Morgan fingerprint density at radius 3 is 2.55 bits per heavy atom. The quantitative estimate of drug-likeness (QED) is 0.655. The van der Waals surface area contributed by atoms with Gasteiger partial charge in [-0.2, -0.15) is 0 Å². The highest BCUT2D eigenvalue weighted by atomic mass is 32.2. The average molecular weight is 411 g/mol. The van der Waals surface area contributed by atoms with E-state index in [0.717, 1.165) is 18.4 Å². The third-order valence-electron chi connectivity index (χ3n) is 5.69. The molecule has 0 N–H and O–H groups in total. The highest BCUT2D eigenvalue weighted by Gasteiger charge is 2.43. The highest BCUT2D eigenvalue weighted by Crippen LogP contribution is 2.36. The average Bonchev–Trinajstić information content (AvgIpc) is 3.38. The van der Waals surface area contributed by atoms with Gasteiger partial charge in [0, 0.05) is 17.6 Å². The second kappa shape index (κ2) is 6.66. The first-order valence-electron chi connectivity index (χ1n) is 9.78. The number of aryl methyl sites for hydroxylation is 1. The molecular weight excluding hydrogens is 390 g/mol. The first-order valence-corrected chi connectivity index (χ1v) is 11.6. The van der Waals surface area contributed by atoms with Gasteiger partial charge in [0.2, 0.25) is 0 Å². The molecule has 150 valence electrons. The van der Waals surface area contributed by atoms with E-state index in [1.165, 1.54) is 0 Å². The largest absolute Gasteiger partial charge is 0.335 e. The van der Waals surface area contributed by atoms with Crippen LogP contribution >= 0.6 is 0 Å². The summed E-state index contributed by atoms with van der Waals surface area (Å²) in [6.45, 7) is 1.79. The SMILES string of the molecule is Cc1noc2nc(-c3ccccc3)cc(C(=O)N(C3CC3)C3CCS(=O)(=O)C3)c12. The van der Waals surface area contributed by atoms with Crippen LogP contribution in [0.4, 0.5) is 0 Å². The van der Waals surface area contributed by atoms with Gasteiger partial charge < -0.3 is 9.42 Å². The number of fused-ring (bicyclic) bond motifs is 1. The molecule has 7 nitrogen and oxygen atoms in total. The monoisotopic (exact) mass is 411 g/mol. The summed E-state index contributed by atoms with van der Waals surface area (Å²) in [5.41, 5.74) is 2.90. The molecule has 3 heterocycles. The maximum Gasteiger partial charge on any atom is 0.259 e. The number of hydrogen-bond acceptors (Lipinski definition) is 6. The molecule has 1 aromatic carbocycles. The Bertz CT molecular complexity index is 1200. The molecule has 1 amide bonds. The van der Waals surface area contributed by atoms with E-state index < -0.39 is 9.84 Å². The van der Waals surface area contributed by atoms with Gasteiger partial charge in [0.25, 0.3) is 11.6 Å². The van der Waals surface area contributed by atoms with E-state index in [1.54, 1.807) is 17.9 Å². The predicted octanol–water partition coefficient (Wildman–Crippen LogP) is 2.99. The summed E-state index contributed by atoms with van der Waals surface area (Å²) in [5.74, 6) is 0.0181. The molecule has 2 aromatic heterocycles. The number of carbonyl (C=O) groups is 1. The Morgan fingerprint density at radius 1 is 1.14 bits per heavy atom. The summed E-state index contributed by atoms with van der Waals surface area (Å²) >= 11 is 0. The fourth-order valence-electron chi connectivity index (χ4n) is 4.14. The Labute approximate surface area is 168 Å². The van der Waals surface area contributed by atoms with E-state index >= 15 is 0 Å². The van der Waals surface area contributed by atoms with Crippen molar-refractivity contribution in [2.24, 2.45) is 0 Å². The van der Waals surface area contributed by atoms with Gasteiger partial charge in [0.15, 0.2) is 9.84 Å². The zero-order valence-corrected chi connectivity index (χ0v) is 16.9.